The van der Waals surface area contributed by atoms with Gasteiger partial charge in [-0.3, -0.25) is 5.41 Å². The average molecular weight is 166 g/mol. The molecule has 0 aromatic carbocycles. The molecule has 0 spiro atoms. The fourth-order valence-electron chi connectivity index (χ4n) is 1.28. The van der Waals surface area contributed by atoms with Crippen molar-refractivity contribution in [2.45, 2.75) is 26.3 Å². The van der Waals surface area contributed by atoms with Gasteiger partial charge in [0.15, 0.2) is 0 Å². The highest BCUT2D eigenvalue weighted by molar-refractivity contribution is 5.81. The molecule has 1 heterocycles. The Morgan fingerprint density at radius 2 is 2.50 bits per heavy atom. The van der Waals surface area contributed by atoms with Crippen LogP contribution in [-0.4, -0.2) is 15.4 Å². The van der Waals surface area contributed by atoms with Gasteiger partial charge in [0.25, 0.3) is 0 Å². The lowest BCUT2D eigenvalue weighted by Crippen LogP contribution is -2.25. The SMILES string of the molecule is CCC(C(=N)N)n1ccnc1C. The minimum Gasteiger partial charge on any atom is -0.386 e. The highest BCUT2D eigenvalue weighted by atomic mass is 15.1. The molecule has 12 heavy (non-hydrogen) atoms. The Balaban J connectivity index is 2.94. The second-order valence-electron chi connectivity index (χ2n) is 2.76. The van der Waals surface area contributed by atoms with E-state index in [1.165, 1.54) is 0 Å². The zero-order chi connectivity index (χ0) is 9.14. The molecule has 0 aliphatic carbocycles. The maximum atomic E-state index is 7.35. The molecule has 3 N–H and O–H groups in total. The molecule has 0 bridgehead atoms. The summed E-state index contributed by atoms with van der Waals surface area (Å²) < 4.78 is 1.92. The van der Waals surface area contributed by atoms with Crippen molar-refractivity contribution in [2.75, 3.05) is 0 Å². The van der Waals surface area contributed by atoms with Crippen LogP contribution in [0.4, 0.5) is 0 Å². The molecule has 0 fully saturated rings. The summed E-state index contributed by atoms with van der Waals surface area (Å²) in [6, 6.07) is -0.0347. The molecule has 0 aliphatic rings. The molecule has 1 unspecified atom stereocenters. The zero-order valence-electron chi connectivity index (χ0n) is 7.41. The highest BCUT2D eigenvalue weighted by Gasteiger charge is 2.12. The molecular weight excluding hydrogens is 152 g/mol. The maximum absolute atomic E-state index is 7.35. The average Bonchev–Trinajstić information content (AvgIpc) is 2.38. The van der Waals surface area contributed by atoms with Crippen LogP contribution in [-0.2, 0) is 0 Å². The van der Waals surface area contributed by atoms with Crippen molar-refractivity contribution in [3.8, 4) is 0 Å². The standard InChI is InChI=1S/C8H14N4/c1-3-7(8(9)10)12-5-4-11-6(12)2/h4-5,7H,3H2,1-2H3,(H3,9,10). The van der Waals surface area contributed by atoms with Crippen LogP contribution in [0.25, 0.3) is 0 Å². The Morgan fingerprint density at radius 3 is 2.83 bits per heavy atom. The second kappa shape index (κ2) is 3.38. The van der Waals surface area contributed by atoms with Crippen molar-refractivity contribution < 1.29 is 0 Å². The largest absolute Gasteiger partial charge is 0.386 e. The fourth-order valence-corrected chi connectivity index (χ4v) is 1.28. The summed E-state index contributed by atoms with van der Waals surface area (Å²) in [5, 5.41) is 7.35. The Morgan fingerprint density at radius 1 is 1.83 bits per heavy atom. The van der Waals surface area contributed by atoms with Crippen molar-refractivity contribution in [3.05, 3.63) is 18.2 Å². The number of rotatable bonds is 3. The Labute approximate surface area is 71.9 Å². The number of aromatic nitrogens is 2. The molecule has 0 amide bonds. The number of amidine groups is 1. The lowest BCUT2D eigenvalue weighted by atomic mass is 10.2. The number of aryl methyl sites for hydroxylation is 1. The molecule has 0 radical (unpaired) electrons. The first-order valence-electron chi connectivity index (χ1n) is 4.00. The number of nitrogens with one attached hydrogen (secondary N) is 1. The first kappa shape index (κ1) is 8.77. The Hall–Kier alpha value is -1.32. The van der Waals surface area contributed by atoms with Crippen molar-refractivity contribution in [3.63, 3.8) is 0 Å². The van der Waals surface area contributed by atoms with Crippen LogP contribution < -0.4 is 5.73 Å². The van der Waals surface area contributed by atoms with E-state index in [4.69, 9.17) is 11.1 Å². The molecule has 0 aliphatic heterocycles. The highest BCUT2D eigenvalue weighted by Crippen LogP contribution is 2.12. The van der Waals surface area contributed by atoms with Gasteiger partial charge >= 0.3 is 0 Å². The Kier molecular flexibility index (Phi) is 2.47. The van der Waals surface area contributed by atoms with Gasteiger partial charge in [-0.1, -0.05) is 6.92 Å². The number of nitrogens with zero attached hydrogens (tertiary/aromatic N) is 2. The quantitative estimate of drug-likeness (QED) is 0.521. The van der Waals surface area contributed by atoms with E-state index in [9.17, 15) is 0 Å². The first-order valence-corrected chi connectivity index (χ1v) is 4.00. The number of hydrogen-bond donors (Lipinski definition) is 2. The molecule has 0 saturated heterocycles. The topological polar surface area (TPSA) is 67.7 Å². The van der Waals surface area contributed by atoms with E-state index in [1.807, 2.05) is 24.6 Å². The zero-order valence-corrected chi connectivity index (χ0v) is 7.41. The lowest BCUT2D eigenvalue weighted by Gasteiger charge is -2.15. The summed E-state index contributed by atoms with van der Waals surface area (Å²) in [7, 11) is 0. The van der Waals surface area contributed by atoms with Crippen molar-refractivity contribution >= 4 is 5.84 Å². The van der Waals surface area contributed by atoms with E-state index in [-0.39, 0.29) is 11.9 Å². The van der Waals surface area contributed by atoms with E-state index >= 15 is 0 Å². The predicted molar refractivity (Wildman–Crippen MR) is 48.2 cm³/mol. The molecular formula is C8H14N4. The molecule has 4 nitrogen and oxygen atoms in total. The van der Waals surface area contributed by atoms with Crippen LogP contribution in [0, 0.1) is 12.3 Å². The van der Waals surface area contributed by atoms with Crippen LogP contribution in [0.3, 0.4) is 0 Å². The van der Waals surface area contributed by atoms with Crippen LogP contribution in [0.2, 0.25) is 0 Å². The smallest absolute Gasteiger partial charge is 0.114 e. The molecule has 1 atom stereocenters. The second-order valence-corrected chi connectivity index (χ2v) is 2.76. The van der Waals surface area contributed by atoms with E-state index in [1.54, 1.807) is 6.20 Å². The van der Waals surface area contributed by atoms with Gasteiger partial charge < -0.3 is 10.3 Å². The van der Waals surface area contributed by atoms with Crippen LogP contribution >= 0.6 is 0 Å². The molecule has 0 saturated carbocycles. The van der Waals surface area contributed by atoms with Gasteiger partial charge in [-0.2, -0.15) is 0 Å². The van der Waals surface area contributed by atoms with Crippen molar-refractivity contribution in [1.82, 2.24) is 9.55 Å². The molecule has 1 rings (SSSR count). The van der Waals surface area contributed by atoms with E-state index in [2.05, 4.69) is 4.98 Å². The minimum absolute atomic E-state index is 0.0347. The summed E-state index contributed by atoms with van der Waals surface area (Å²) >= 11 is 0. The third-order valence-electron chi connectivity index (χ3n) is 1.94. The van der Waals surface area contributed by atoms with E-state index in [0.717, 1.165) is 12.2 Å². The number of hydrogen-bond acceptors (Lipinski definition) is 2. The fraction of sp³-hybridized carbons (Fsp3) is 0.500. The van der Waals surface area contributed by atoms with Gasteiger partial charge in [0.05, 0.1) is 6.04 Å². The summed E-state index contributed by atoms with van der Waals surface area (Å²) in [5.41, 5.74) is 5.44. The summed E-state index contributed by atoms with van der Waals surface area (Å²) in [5.74, 6) is 1.09. The van der Waals surface area contributed by atoms with Gasteiger partial charge in [0.1, 0.15) is 11.7 Å². The predicted octanol–water partition coefficient (Wildman–Crippen LogP) is 1.08. The van der Waals surface area contributed by atoms with Crippen molar-refractivity contribution in [1.29, 1.82) is 5.41 Å². The molecule has 1 aromatic heterocycles. The Bertz CT molecular complexity index is 276. The van der Waals surface area contributed by atoms with E-state index in [0.29, 0.717) is 0 Å². The molecule has 66 valence electrons. The minimum atomic E-state index is -0.0347. The van der Waals surface area contributed by atoms with Gasteiger partial charge in [-0.05, 0) is 13.3 Å². The summed E-state index contributed by atoms with van der Waals surface area (Å²) in [6.07, 6.45) is 4.40. The van der Waals surface area contributed by atoms with Gasteiger partial charge in [-0.15, -0.1) is 0 Å². The molecule has 4 heteroatoms. The van der Waals surface area contributed by atoms with Gasteiger partial charge in [-0.25, -0.2) is 4.98 Å². The van der Waals surface area contributed by atoms with Gasteiger partial charge in [0, 0.05) is 12.4 Å². The van der Waals surface area contributed by atoms with Crippen molar-refractivity contribution in [2.24, 2.45) is 5.73 Å². The van der Waals surface area contributed by atoms with Gasteiger partial charge in [0.2, 0.25) is 0 Å². The number of imidazole rings is 1. The third kappa shape index (κ3) is 1.47. The summed E-state index contributed by atoms with van der Waals surface area (Å²) in [4.78, 5) is 4.08. The molecule has 1 aromatic rings. The lowest BCUT2D eigenvalue weighted by molar-refractivity contribution is 0.593. The third-order valence-corrected chi connectivity index (χ3v) is 1.94. The van der Waals surface area contributed by atoms with E-state index < -0.39 is 0 Å². The van der Waals surface area contributed by atoms with Crippen LogP contribution in [0.5, 0.6) is 0 Å². The number of nitrogens with two attached hydrogens (primary N) is 1. The summed E-state index contributed by atoms with van der Waals surface area (Å²) in [6.45, 7) is 3.91. The van der Waals surface area contributed by atoms with Crippen LogP contribution in [0.15, 0.2) is 12.4 Å². The normalized spacial score (nSPS) is 12.8. The monoisotopic (exact) mass is 166 g/mol. The maximum Gasteiger partial charge on any atom is 0.114 e. The first-order chi connectivity index (χ1) is 5.66. The van der Waals surface area contributed by atoms with Crippen LogP contribution in [0.1, 0.15) is 25.2 Å².